The van der Waals surface area contributed by atoms with Gasteiger partial charge in [-0.3, -0.25) is 14.5 Å². The molecule has 1 amide bonds. The van der Waals surface area contributed by atoms with E-state index in [9.17, 15) is 18.8 Å². The highest BCUT2D eigenvalue weighted by molar-refractivity contribution is 6.31. The van der Waals surface area contributed by atoms with Crippen LogP contribution < -0.4 is 0 Å². The molecule has 2 aliphatic rings. The Hall–Kier alpha value is -2.77. The molecule has 2 aromatic carbocycles. The Morgan fingerprint density at radius 3 is 2.50 bits per heavy atom. The molecule has 2 aromatic rings. The summed E-state index contributed by atoms with van der Waals surface area (Å²) < 4.78 is 13.8. The number of Topliss-reactive ketones (excluding diaryl/α,β-unsaturated/α-hetero) is 1. The Kier molecular flexibility index (Phi) is 7.33. The van der Waals surface area contributed by atoms with Gasteiger partial charge in [-0.15, -0.1) is 0 Å². The summed E-state index contributed by atoms with van der Waals surface area (Å²) in [5.41, 5.74) is 2.37. The number of piperidine rings is 1. The number of carbonyl (C=O) groups excluding carboxylic acids is 2. The second-order valence-electron chi connectivity index (χ2n) is 9.24. The van der Waals surface area contributed by atoms with Crippen molar-refractivity contribution in [3.8, 4) is 0 Å². The fourth-order valence-corrected chi connectivity index (χ4v) is 5.21. The minimum Gasteiger partial charge on any atom is -0.478 e. The summed E-state index contributed by atoms with van der Waals surface area (Å²) in [7, 11) is 0. The van der Waals surface area contributed by atoms with Gasteiger partial charge in [0.05, 0.1) is 11.6 Å². The van der Waals surface area contributed by atoms with Crippen molar-refractivity contribution in [3.05, 3.63) is 69.5 Å². The summed E-state index contributed by atoms with van der Waals surface area (Å²) in [6.45, 7) is 4.44. The van der Waals surface area contributed by atoms with Crippen molar-refractivity contribution in [1.29, 1.82) is 0 Å². The number of hydrogen-bond donors (Lipinski definition) is 1. The van der Waals surface area contributed by atoms with Gasteiger partial charge in [0, 0.05) is 43.5 Å². The third kappa shape index (κ3) is 5.47. The van der Waals surface area contributed by atoms with Crippen LogP contribution in [-0.4, -0.2) is 57.7 Å². The molecule has 8 heteroatoms. The Labute approximate surface area is 203 Å². The van der Waals surface area contributed by atoms with Crippen molar-refractivity contribution in [1.82, 2.24) is 9.80 Å². The molecule has 0 unspecified atom stereocenters. The van der Waals surface area contributed by atoms with Gasteiger partial charge >= 0.3 is 5.97 Å². The molecular weight excluding hydrogens is 459 g/mol. The topological polar surface area (TPSA) is 77.9 Å². The number of aromatic carboxylic acids is 1. The standard InChI is InChI=1S/C26H28ClFN2O4/c1-16-10-17(2-3-22(16)27)15-29-8-6-21(7-9-29)30-23(4-5-25(30)32)24(31)13-18-11-19(26(33)34)14-20(28)12-18/h2-3,10-12,14,21,23H,4-9,13,15H2,1H3,(H,33,34)/t23-/m1/s1. The minimum atomic E-state index is -1.24. The van der Waals surface area contributed by atoms with Crippen LogP contribution in [0.25, 0.3) is 0 Å². The van der Waals surface area contributed by atoms with E-state index >= 15 is 0 Å². The van der Waals surface area contributed by atoms with Crippen LogP contribution in [0.2, 0.25) is 5.02 Å². The molecule has 1 atom stereocenters. The molecule has 0 spiro atoms. The first-order chi connectivity index (χ1) is 16.2. The monoisotopic (exact) mass is 486 g/mol. The zero-order valence-electron chi connectivity index (χ0n) is 19.1. The van der Waals surface area contributed by atoms with Crippen LogP contribution in [0.1, 0.15) is 52.7 Å². The second kappa shape index (κ2) is 10.2. The summed E-state index contributed by atoms with van der Waals surface area (Å²) in [6, 6.07) is 8.92. The number of carboxylic acids is 1. The number of benzene rings is 2. The van der Waals surface area contributed by atoms with Crippen LogP contribution in [0.4, 0.5) is 4.39 Å². The molecule has 0 aliphatic carbocycles. The van der Waals surface area contributed by atoms with Gasteiger partial charge in [-0.1, -0.05) is 23.7 Å². The molecule has 2 heterocycles. The molecule has 34 heavy (non-hydrogen) atoms. The highest BCUT2D eigenvalue weighted by atomic mass is 35.5. The van der Waals surface area contributed by atoms with E-state index in [1.807, 2.05) is 19.1 Å². The van der Waals surface area contributed by atoms with Crippen molar-refractivity contribution in [2.24, 2.45) is 0 Å². The molecule has 0 aromatic heterocycles. The molecule has 2 aliphatic heterocycles. The van der Waals surface area contributed by atoms with E-state index in [0.29, 0.717) is 18.4 Å². The molecule has 2 fully saturated rings. The van der Waals surface area contributed by atoms with Gasteiger partial charge in [0.15, 0.2) is 5.78 Å². The lowest BCUT2D eigenvalue weighted by Gasteiger charge is -2.39. The molecule has 4 rings (SSSR count). The number of nitrogens with zero attached hydrogens (tertiary/aromatic N) is 2. The predicted octanol–water partition coefficient (Wildman–Crippen LogP) is 4.25. The fourth-order valence-electron chi connectivity index (χ4n) is 5.09. The summed E-state index contributed by atoms with van der Waals surface area (Å²) in [6.07, 6.45) is 2.24. The Bertz CT molecular complexity index is 1110. The highest BCUT2D eigenvalue weighted by Crippen LogP contribution is 2.29. The number of halogens is 2. The van der Waals surface area contributed by atoms with Crippen LogP contribution >= 0.6 is 11.6 Å². The maximum Gasteiger partial charge on any atom is 0.335 e. The van der Waals surface area contributed by atoms with E-state index in [4.69, 9.17) is 16.7 Å². The molecule has 0 saturated carbocycles. The van der Waals surface area contributed by atoms with Crippen LogP contribution in [0, 0.1) is 12.7 Å². The number of carbonyl (C=O) groups is 3. The lowest BCUT2D eigenvalue weighted by Crippen LogP contribution is -2.50. The number of hydrogen-bond acceptors (Lipinski definition) is 4. The first-order valence-corrected chi connectivity index (χ1v) is 11.9. The largest absolute Gasteiger partial charge is 0.478 e. The van der Waals surface area contributed by atoms with E-state index < -0.39 is 17.8 Å². The lowest BCUT2D eigenvalue weighted by atomic mass is 9.97. The highest BCUT2D eigenvalue weighted by Gasteiger charge is 2.40. The van der Waals surface area contributed by atoms with Crippen molar-refractivity contribution < 1.29 is 23.9 Å². The third-order valence-electron chi connectivity index (χ3n) is 6.79. The third-order valence-corrected chi connectivity index (χ3v) is 7.21. The van der Waals surface area contributed by atoms with E-state index in [0.717, 1.165) is 49.1 Å². The van der Waals surface area contributed by atoms with Crippen molar-refractivity contribution in [3.63, 3.8) is 0 Å². The summed E-state index contributed by atoms with van der Waals surface area (Å²) in [5.74, 6) is -2.13. The van der Waals surface area contributed by atoms with Crippen LogP contribution in [-0.2, 0) is 22.6 Å². The average Bonchev–Trinajstić information content (AvgIpc) is 3.18. The molecule has 180 valence electrons. The minimum absolute atomic E-state index is 0.00533. The quantitative estimate of drug-likeness (QED) is 0.633. The van der Waals surface area contributed by atoms with Gasteiger partial charge in [0.2, 0.25) is 5.91 Å². The molecule has 0 radical (unpaired) electrons. The summed E-state index contributed by atoms with van der Waals surface area (Å²) in [4.78, 5) is 41.1. The van der Waals surface area contributed by atoms with Gasteiger partial charge < -0.3 is 10.0 Å². The van der Waals surface area contributed by atoms with Gasteiger partial charge in [-0.25, -0.2) is 9.18 Å². The first kappa shape index (κ1) is 24.4. The zero-order valence-corrected chi connectivity index (χ0v) is 19.9. The molecule has 2 saturated heterocycles. The number of amides is 1. The van der Waals surface area contributed by atoms with Gasteiger partial charge in [0.1, 0.15) is 5.82 Å². The maximum atomic E-state index is 13.8. The molecule has 1 N–H and O–H groups in total. The van der Waals surface area contributed by atoms with E-state index in [-0.39, 0.29) is 29.7 Å². The number of aryl methyl sites for hydroxylation is 1. The maximum absolute atomic E-state index is 13.8. The molecule has 0 bridgehead atoms. The van der Waals surface area contributed by atoms with Crippen LogP contribution in [0.5, 0.6) is 0 Å². The van der Waals surface area contributed by atoms with Crippen molar-refractivity contribution in [2.45, 2.75) is 57.7 Å². The van der Waals surface area contributed by atoms with Crippen LogP contribution in [0.3, 0.4) is 0 Å². The van der Waals surface area contributed by atoms with Gasteiger partial charge in [0.25, 0.3) is 0 Å². The first-order valence-electron chi connectivity index (χ1n) is 11.6. The fraction of sp³-hybridized carbons (Fsp3) is 0.423. The zero-order chi connectivity index (χ0) is 24.4. The lowest BCUT2D eigenvalue weighted by molar-refractivity contribution is -0.137. The molecule has 6 nitrogen and oxygen atoms in total. The summed E-state index contributed by atoms with van der Waals surface area (Å²) in [5, 5.41) is 9.91. The Morgan fingerprint density at radius 1 is 1.09 bits per heavy atom. The number of likely N-dealkylation sites (tertiary alicyclic amines) is 2. The van der Waals surface area contributed by atoms with E-state index in [2.05, 4.69) is 11.0 Å². The number of ketones is 1. The predicted molar refractivity (Wildman–Crippen MR) is 126 cm³/mol. The number of rotatable bonds is 7. The van der Waals surface area contributed by atoms with Gasteiger partial charge in [-0.05, 0) is 67.1 Å². The van der Waals surface area contributed by atoms with Gasteiger partial charge in [-0.2, -0.15) is 0 Å². The Balaban J connectivity index is 1.39. The smallest absolute Gasteiger partial charge is 0.335 e. The van der Waals surface area contributed by atoms with E-state index in [1.165, 1.54) is 17.7 Å². The normalized spacial score (nSPS) is 19.6. The average molecular weight is 487 g/mol. The summed E-state index contributed by atoms with van der Waals surface area (Å²) >= 11 is 6.13. The SMILES string of the molecule is Cc1cc(CN2CCC(N3C(=O)CC[C@@H]3C(=O)Cc3cc(F)cc(C(=O)O)c3)CC2)ccc1Cl. The van der Waals surface area contributed by atoms with Crippen molar-refractivity contribution >= 4 is 29.3 Å². The number of carboxylic acid groups (broad SMARTS) is 1. The van der Waals surface area contributed by atoms with E-state index in [1.54, 1.807) is 4.90 Å². The molecular formula is C26H28ClFN2O4. The van der Waals surface area contributed by atoms with Crippen molar-refractivity contribution in [2.75, 3.05) is 13.1 Å². The Morgan fingerprint density at radius 2 is 1.82 bits per heavy atom. The second-order valence-corrected chi connectivity index (χ2v) is 9.65. The van der Waals surface area contributed by atoms with Crippen LogP contribution in [0.15, 0.2) is 36.4 Å².